The average molecular weight is 293 g/mol. The molecular weight excluding hydrogens is 287 g/mol. The first kappa shape index (κ1) is 12.4. The second-order valence-electron chi connectivity index (χ2n) is 3.08. The maximum absolute atomic E-state index is 13.0. The summed E-state index contributed by atoms with van der Waals surface area (Å²) < 4.78 is 13.0. The van der Waals surface area contributed by atoms with E-state index < -0.39 is 5.82 Å². The van der Waals surface area contributed by atoms with Crippen LogP contribution in [-0.2, 0) is 0 Å². The normalized spacial score (nSPS) is 10.4. The number of hydrogen-bond donors (Lipinski definition) is 1. The Labute approximate surface area is 112 Å². The van der Waals surface area contributed by atoms with Gasteiger partial charge in [-0.15, -0.1) is 0 Å². The first-order valence-corrected chi connectivity index (χ1v) is 5.60. The number of rotatable bonds is 2. The van der Waals surface area contributed by atoms with Crippen LogP contribution >= 0.6 is 34.8 Å². The van der Waals surface area contributed by atoms with Crippen molar-refractivity contribution in [3.63, 3.8) is 0 Å². The molecule has 0 saturated carbocycles. The average Bonchev–Trinajstić information content (AvgIpc) is 2.23. The summed E-state index contributed by atoms with van der Waals surface area (Å²) in [4.78, 5) is 7.63. The zero-order valence-electron chi connectivity index (χ0n) is 8.22. The summed E-state index contributed by atoms with van der Waals surface area (Å²) in [6.45, 7) is 0. The van der Waals surface area contributed by atoms with Gasteiger partial charge in [0.05, 0.1) is 15.7 Å². The van der Waals surface area contributed by atoms with Crippen molar-refractivity contribution in [2.75, 3.05) is 5.32 Å². The highest BCUT2D eigenvalue weighted by Crippen LogP contribution is 2.33. The molecule has 1 heterocycles. The summed E-state index contributed by atoms with van der Waals surface area (Å²) in [6, 6.07) is 3.89. The van der Waals surface area contributed by atoms with Crippen LogP contribution in [0.15, 0.2) is 24.4 Å². The number of hydrogen-bond acceptors (Lipinski definition) is 3. The van der Waals surface area contributed by atoms with E-state index in [1.54, 1.807) is 6.07 Å². The number of nitrogens with zero attached hydrogens (tertiary/aromatic N) is 2. The summed E-state index contributed by atoms with van der Waals surface area (Å²) in [5.41, 5.74) is 0.365. The summed E-state index contributed by atoms with van der Waals surface area (Å²) in [5, 5.41) is 3.24. The molecule has 1 aromatic heterocycles. The molecule has 0 fully saturated rings. The fraction of sp³-hybridized carbons (Fsp3) is 0. The summed E-state index contributed by atoms with van der Waals surface area (Å²) >= 11 is 17.3. The zero-order chi connectivity index (χ0) is 12.4. The number of aromatic nitrogens is 2. The van der Waals surface area contributed by atoms with Crippen LogP contribution in [0.2, 0.25) is 15.3 Å². The number of anilines is 2. The lowest BCUT2D eigenvalue weighted by Gasteiger charge is -2.09. The van der Waals surface area contributed by atoms with Gasteiger partial charge in [0.1, 0.15) is 11.6 Å². The van der Waals surface area contributed by atoms with Crippen LogP contribution in [0.1, 0.15) is 0 Å². The molecular formula is C10H5Cl3FN3. The van der Waals surface area contributed by atoms with Crippen LogP contribution in [0.3, 0.4) is 0 Å². The molecule has 0 amide bonds. The summed E-state index contributed by atoms with van der Waals surface area (Å²) in [7, 11) is 0. The van der Waals surface area contributed by atoms with Gasteiger partial charge in [-0.25, -0.2) is 14.4 Å². The second-order valence-corrected chi connectivity index (χ2v) is 4.23. The third-order valence-electron chi connectivity index (χ3n) is 1.89. The maximum atomic E-state index is 13.0. The van der Waals surface area contributed by atoms with Gasteiger partial charge in [0.2, 0.25) is 5.28 Å². The molecule has 0 saturated heterocycles. The predicted molar refractivity (Wildman–Crippen MR) is 66.7 cm³/mol. The first-order chi connectivity index (χ1) is 8.06. The van der Waals surface area contributed by atoms with Crippen LogP contribution < -0.4 is 5.32 Å². The van der Waals surface area contributed by atoms with E-state index in [0.717, 1.165) is 12.1 Å². The van der Waals surface area contributed by atoms with Gasteiger partial charge in [-0.3, -0.25) is 0 Å². The third-order valence-corrected chi connectivity index (χ3v) is 2.66. The molecule has 0 aliphatic rings. The minimum atomic E-state index is -0.508. The third kappa shape index (κ3) is 2.97. The highest BCUT2D eigenvalue weighted by Gasteiger charge is 2.09. The topological polar surface area (TPSA) is 37.8 Å². The van der Waals surface area contributed by atoms with Crippen molar-refractivity contribution >= 4 is 46.3 Å². The lowest BCUT2D eigenvalue weighted by molar-refractivity contribution is 0.628. The smallest absolute Gasteiger partial charge is 0.224 e. The van der Waals surface area contributed by atoms with Gasteiger partial charge in [-0.1, -0.05) is 23.2 Å². The summed E-state index contributed by atoms with van der Waals surface area (Å²) in [5.74, 6) is -0.0910. The molecule has 3 nitrogen and oxygen atoms in total. The number of benzene rings is 1. The van der Waals surface area contributed by atoms with E-state index >= 15 is 0 Å². The molecule has 1 aromatic carbocycles. The van der Waals surface area contributed by atoms with Gasteiger partial charge in [-0.05, 0) is 29.8 Å². The van der Waals surface area contributed by atoms with Gasteiger partial charge < -0.3 is 5.32 Å². The van der Waals surface area contributed by atoms with E-state index in [1.165, 1.54) is 6.20 Å². The molecule has 2 rings (SSSR count). The Morgan fingerprint density at radius 1 is 1.12 bits per heavy atom. The van der Waals surface area contributed by atoms with Crippen molar-refractivity contribution in [2.45, 2.75) is 0 Å². The molecule has 0 spiro atoms. The van der Waals surface area contributed by atoms with E-state index in [-0.39, 0.29) is 15.3 Å². The van der Waals surface area contributed by atoms with E-state index in [0.29, 0.717) is 11.5 Å². The zero-order valence-corrected chi connectivity index (χ0v) is 10.5. The summed E-state index contributed by atoms with van der Waals surface area (Å²) in [6.07, 6.45) is 1.48. The minimum Gasteiger partial charge on any atom is -0.338 e. The van der Waals surface area contributed by atoms with Crippen LogP contribution in [0.4, 0.5) is 15.9 Å². The van der Waals surface area contributed by atoms with E-state index in [1.807, 2.05) is 0 Å². The lowest BCUT2D eigenvalue weighted by Crippen LogP contribution is -1.96. The number of halogens is 4. The Morgan fingerprint density at radius 2 is 1.76 bits per heavy atom. The first-order valence-electron chi connectivity index (χ1n) is 4.46. The van der Waals surface area contributed by atoms with Crippen molar-refractivity contribution in [3.8, 4) is 0 Å². The SMILES string of the molecule is Fc1cc(Cl)c(Nc2ccnc(Cl)n2)c(Cl)c1. The fourth-order valence-corrected chi connectivity index (χ4v) is 1.90. The number of nitrogens with one attached hydrogen (secondary N) is 1. The predicted octanol–water partition coefficient (Wildman–Crippen LogP) is 4.32. The van der Waals surface area contributed by atoms with Crippen LogP contribution in [0, 0.1) is 5.82 Å². The lowest BCUT2D eigenvalue weighted by atomic mass is 10.3. The van der Waals surface area contributed by atoms with Gasteiger partial charge >= 0.3 is 0 Å². The Hall–Kier alpha value is -1.10. The molecule has 17 heavy (non-hydrogen) atoms. The van der Waals surface area contributed by atoms with Crippen molar-refractivity contribution < 1.29 is 4.39 Å². The van der Waals surface area contributed by atoms with Crippen LogP contribution in [0.5, 0.6) is 0 Å². The largest absolute Gasteiger partial charge is 0.338 e. The highest BCUT2D eigenvalue weighted by atomic mass is 35.5. The van der Waals surface area contributed by atoms with Gasteiger partial charge in [0, 0.05) is 6.20 Å². The van der Waals surface area contributed by atoms with Crippen molar-refractivity contribution in [2.24, 2.45) is 0 Å². The molecule has 88 valence electrons. The Morgan fingerprint density at radius 3 is 2.35 bits per heavy atom. The molecule has 0 bridgehead atoms. The molecule has 2 aromatic rings. The van der Waals surface area contributed by atoms with E-state index in [4.69, 9.17) is 34.8 Å². The maximum Gasteiger partial charge on any atom is 0.224 e. The molecule has 7 heteroatoms. The van der Waals surface area contributed by atoms with E-state index in [9.17, 15) is 4.39 Å². The molecule has 0 aliphatic carbocycles. The minimum absolute atomic E-state index is 0.0874. The highest BCUT2D eigenvalue weighted by molar-refractivity contribution is 6.39. The quantitative estimate of drug-likeness (QED) is 0.838. The monoisotopic (exact) mass is 291 g/mol. The second kappa shape index (κ2) is 5.04. The van der Waals surface area contributed by atoms with Gasteiger partial charge in [0.25, 0.3) is 0 Å². The van der Waals surface area contributed by atoms with Crippen molar-refractivity contribution in [1.29, 1.82) is 0 Å². The van der Waals surface area contributed by atoms with Gasteiger partial charge in [0.15, 0.2) is 0 Å². The Bertz CT molecular complexity index is 539. The van der Waals surface area contributed by atoms with Gasteiger partial charge in [-0.2, -0.15) is 0 Å². The molecule has 0 unspecified atom stereocenters. The Kier molecular flexibility index (Phi) is 3.66. The van der Waals surface area contributed by atoms with Crippen LogP contribution in [0.25, 0.3) is 0 Å². The Balaban J connectivity index is 2.36. The van der Waals surface area contributed by atoms with Crippen LogP contribution in [-0.4, -0.2) is 9.97 Å². The van der Waals surface area contributed by atoms with Crippen molar-refractivity contribution in [1.82, 2.24) is 9.97 Å². The standard InChI is InChI=1S/C10H5Cl3FN3/c11-6-3-5(14)4-7(12)9(6)16-8-1-2-15-10(13)17-8/h1-4H,(H,15,16,17). The molecule has 0 atom stereocenters. The van der Waals surface area contributed by atoms with Crippen molar-refractivity contribution in [3.05, 3.63) is 45.5 Å². The van der Waals surface area contributed by atoms with E-state index in [2.05, 4.69) is 15.3 Å². The molecule has 0 radical (unpaired) electrons. The molecule has 0 aliphatic heterocycles. The fourth-order valence-electron chi connectivity index (χ4n) is 1.19. The molecule has 1 N–H and O–H groups in total.